The fourth-order valence-electron chi connectivity index (χ4n) is 1.42. The van der Waals surface area contributed by atoms with Crippen molar-refractivity contribution >= 4 is 0 Å². The van der Waals surface area contributed by atoms with E-state index < -0.39 is 17.7 Å². The number of benzene rings is 1. The Kier molecular flexibility index (Phi) is 5.35. The molecule has 0 amide bonds. The molecule has 1 unspecified atom stereocenters. The molecule has 0 aliphatic heterocycles. The van der Waals surface area contributed by atoms with E-state index in [0.29, 0.717) is 0 Å². The Bertz CT molecular complexity index is 331. The first-order chi connectivity index (χ1) is 7.65. The zero-order valence-corrected chi connectivity index (χ0v) is 9.34. The van der Waals surface area contributed by atoms with Crippen LogP contribution < -0.4 is 5.32 Å². The molecule has 1 atom stereocenters. The van der Waals surface area contributed by atoms with Crippen LogP contribution in [0.2, 0.25) is 0 Å². The monoisotopic (exact) mass is 229 g/mol. The van der Waals surface area contributed by atoms with E-state index in [4.69, 9.17) is 0 Å². The van der Waals surface area contributed by atoms with Crippen LogP contribution in [-0.4, -0.2) is 18.2 Å². The predicted octanol–water partition coefficient (Wildman–Crippen LogP) is 2.39. The molecule has 0 aliphatic rings. The second-order valence-corrected chi connectivity index (χ2v) is 3.74. The molecule has 0 bridgehead atoms. The Balaban J connectivity index is 2.49. The summed E-state index contributed by atoms with van der Waals surface area (Å²) in [7, 11) is 0. The molecule has 1 aromatic rings. The zero-order chi connectivity index (χ0) is 12.0. The SMILES string of the molecule is CCCCNCC(O)c1ccc(F)cc1F. The highest BCUT2D eigenvalue weighted by Gasteiger charge is 2.12. The lowest BCUT2D eigenvalue weighted by atomic mass is 10.1. The van der Waals surface area contributed by atoms with Gasteiger partial charge < -0.3 is 10.4 Å². The Labute approximate surface area is 94.3 Å². The summed E-state index contributed by atoms with van der Waals surface area (Å²) >= 11 is 0. The van der Waals surface area contributed by atoms with E-state index in [0.717, 1.165) is 31.5 Å². The Morgan fingerprint density at radius 2 is 2.12 bits per heavy atom. The van der Waals surface area contributed by atoms with Crippen molar-refractivity contribution < 1.29 is 13.9 Å². The van der Waals surface area contributed by atoms with Crippen molar-refractivity contribution in [3.8, 4) is 0 Å². The van der Waals surface area contributed by atoms with E-state index >= 15 is 0 Å². The zero-order valence-electron chi connectivity index (χ0n) is 9.34. The van der Waals surface area contributed by atoms with Crippen LogP contribution in [0.25, 0.3) is 0 Å². The number of nitrogens with one attached hydrogen (secondary N) is 1. The molecule has 2 nitrogen and oxygen atoms in total. The Morgan fingerprint density at radius 3 is 2.75 bits per heavy atom. The molecule has 0 saturated heterocycles. The van der Waals surface area contributed by atoms with Crippen LogP contribution >= 0.6 is 0 Å². The van der Waals surface area contributed by atoms with Gasteiger partial charge in [0.05, 0.1) is 6.10 Å². The maximum absolute atomic E-state index is 13.2. The predicted molar refractivity (Wildman–Crippen MR) is 59.1 cm³/mol. The first-order valence-electron chi connectivity index (χ1n) is 5.49. The van der Waals surface area contributed by atoms with Gasteiger partial charge in [-0.1, -0.05) is 19.4 Å². The highest BCUT2D eigenvalue weighted by molar-refractivity contribution is 5.21. The lowest BCUT2D eigenvalue weighted by Crippen LogP contribution is -2.23. The van der Waals surface area contributed by atoms with Crippen molar-refractivity contribution in [2.45, 2.75) is 25.9 Å². The summed E-state index contributed by atoms with van der Waals surface area (Å²) in [5.74, 6) is -1.34. The molecule has 0 saturated carbocycles. The Hall–Kier alpha value is -1.00. The van der Waals surface area contributed by atoms with E-state index in [9.17, 15) is 13.9 Å². The van der Waals surface area contributed by atoms with Gasteiger partial charge in [0, 0.05) is 18.2 Å². The highest BCUT2D eigenvalue weighted by atomic mass is 19.1. The van der Waals surface area contributed by atoms with E-state index in [1.54, 1.807) is 0 Å². The number of aliphatic hydroxyl groups excluding tert-OH is 1. The first kappa shape index (κ1) is 13.1. The smallest absolute Gasteiger partial charge is 0.131 e. The lowest BCUT2D eigenvalue weighted by molar-refractivity contribution is 0.170. The van der Waals surface area contributed by atoms with Crippen molar-refractivity contribution in [1.29, 1.82) is 0 Å². The van der Waals surface area contributed by atoms with Crippen molar-refractivity contribution in [2.24, 2.45) is 0 Å². The molecule has 0 heterocycles. The normalized spacial score (nSPS) is 12.8. The van der Waals surface area contributed by atoms with Gasteiger partial charge >= 0.3 is 0 Å². The summed E-state index contributed by atoms with van der Waals surface area (Å²) in [4.78, 5) is 0. The number of hydrogen-bond acceptors (Lipinski definition) is 2. The fraction of sp³-hybridized carbons (Fsp3) is 0.500. The molecule has 1 rings (SSSR count). The minimum absolute atomic E-state index is 0.130. The van der Waals surface area contributed by atoms with Crippen LogP contribution in [-0.2, 0) is 0 Å². The maximum Gasteiger partial charge on any atom is 0.131 e. The summed E-state index contributed by atoms with van der Waals surface area (Å²) in [6.45, 7) is 3.14. The maximum atomic E-state index is 13.2. The van der Waals surface area contributed by atoms with Crippen molar-refractivity contribution in [3.63, 3.8) is 0 Å². The molecule has 90 valence electrons. The second kappa shape index (κ2) is 6.55. The summed E-state index contributed by atoms with van der Waals surface area (Å²) in [6, 6.07) is 3.20. The molecule has 4 heteroatoms. The van der Waals surface area contributed by atoms with Crippen LogP contribution in [0, 0.1) is 11.6 Å². The van der Waals surface area contributed by atoms with E-state index in [2.05, 4.69) is 12.2 Å². The molecule has 16 heavy (non-hydrogen) atoms. The number of hydrogen-bond donors (Lipinski definition) is 2. The van der Waals surface area contributed by atoms with Crippen molar-refractivity contribution in [3.05, 3.63) is 35.4 Å². The molecule has 0 aliphatic carbocycles. The molecular weight excluding hydrogens is 212 g/mol. The quantitative estimate of drug-likeness (QED) is 0.734. The van der Waals surface area contributed by atoms with Gasteiger partial charge in [-0.15, -0.1) is 0 Å². The average molecular weight is 229 g/mol. The molecule has 0 fully saturated rings. The summed E-state index contributed by atoms with van der Waals surface area (Å²) < 4.78 is 25.9. The Morgan fingerprint density at radius 1 is 1.38 bits per heavy atom. The second-order valence-electron chi connectivity index (χ2n) is 3.74. The standard InChI is InChI=1S/C12H17F2NO/c1-2-3-6-15-8-12(16)10-5-4-9(13)7-11(10)14/h4-5,7,12,15-16H,2-3,6,8H2,1H3. The number of halogens is 2. The summed E-state index contributed by atoms with van der Waals surface area (Å²) in [5, 5.41) is 12.7. The molecule has 0 aromatic heterocycles. The van der Waals surface area contributed by atoms with Gasteiger partial charge in [0.15, 0.2) is 0 Å². The first-order valence-corrected chi connectivity index (χ1v) is 5.49. The molecule has 2 N–H and O–H groups in total. The van der Waals surface area contributed by atoms with Crippen LogP contribution in [0.4, 0.5) is 8.78 Å². The third-order valence-electron chi connectivity index (χ3n) is 2.37. The van der Waals surface area contributed by atoms with Crippen molar-refractivity contribution in [2.75, 3.05) is 13.1 Å². The minimum atomic E-state index is -0.933. The van der Waals surface area contributed by atoms with Crippen LogP contribution in [0.1, 0.15) is 31.4 Å². The fourth-order valence-corrected chi connectivity index (χ4v) is 1.42. The summed E-state index contributed by atoms with van der Waals surface area (Å²) in [6.07, 6.45) is 1.14. The molecule has 0 spiro atoms. The van der Waals surface area contributed by atoms with E-state index in [1.165, 1.54) is 6.07 Å². The number of unbranched alkanes of at least 4 members (excludes halogenated alkanes) is 1. The molecular formula is C12H17F2NO. The number of aliphatic hydroxyl groups is 1. The average Bonchev–Trinajstić information content (AvgIpc) is 2.24. The number of rotatable bonds is 6. The van der Waals surface area contributed by atoms with Gasteiger partial charge in [0.1, 0.15) is 11.6 Å². The third kappa shape index (κ3) is 3.87. The third-order valence-corrected chi connectivity index (χ3v) is 2.37. The van der Waals surface area contributed by atoms with Crippen molar-refractivity contribution in [1.82, 2.24) is 5.32 Å². The topological polar surface area (TPSA) is 32.3 Å². The van der Waals surface area contributed by atoms with E-state index in [-0.39, 0.29) is 12.1 Å². The van der Waals surface area contributed by atoms with E-state index in [1.807, 2.05) is 0 Å². The van der Waals surface area contributed by atoms with Gasteiger partial charge in [0.25, 0.3) is 0 Å². The van der Waals surface area contributed by atoms with Gasteiger partial charge in [0.2, 0.25) is 0 Å². The molecule has 1 aromatic carbocycles. The lowest BCUT2D eigenvalue weighted by Gasteiger charge is -2.12. The summed E-state index contributed by atoms with van der Waals surface area (Å²) in [5.41, 5.74) is 0.130. The molecule has 0 radical (unpaired) electrons. The largest absolute Gasteiger partial charge is 0.387 e. The highest BCUT2D eigenvalue weighted by Crippen LogP contribution is 2.17. The van der Waals surface area contributed by atoms with Gasteiger partial charge in [-0.05, 0) is 19.0 Å². The van der Waals surface area contributed by atoms with Crippen LogP contribution in [0.5, 0.6) is 0 Å². The minimum Gasteiger partial charge on any atom is -0.387 e. The van der Waals surface area contributed by atoms with Gasteiger partial charge in [-0.2, -0.15) is 0 Å². The van der Waals surface area contributed by atoms with Gasteiger partial charge in [-0.25, -0.2) is 8.78 Å². The van der Waals surface area contributed by atoms with Gasteiger partial charge in [-0.3, -0.25) is 0 Å². The van der Waals surface area contributed by atoms with Crippen LogP contribution in [0.15, 0.2) is 18.2 Å². The van der Waals surface area contributed by atoms with Crippen LogP contribution in [0.3, 0.4) is 0 Å².